The van der Waals surface area contributed by atoms with Crippen molar-refractivity contribution < 1.29 is 13.6 Å². The van der Waals surface area contributed by atoms with E-state index in [-0.39, 0.29) is 47.1 Å². The van der Waals surface area contributed by atoms with Gasteiger partial charge in [0.25, 0.3) is 5.91 Å². The standard InChI is InChI=1S/C19H20ClF2N3O.ClH/c1-11-8-9-23-18(17(11)22)24-13-3-5-14(6-4-13)25-19(26)12-2-7-16(21)15(20)10-12;/h2,7-10,13-14H,3-6H2,1H3,(H,23,24)(H,25,26);1H. The van der Waals surface area contributed by atoms with Crippen molar-refractivity contribution >= 4 is 35.7 Å². The molecule has 4 nitrogen and oxygen atoms in total. The van der Waals surface area contributed by atoms with E-state index >= 15 is 0 Å². The monoisotopic (exact) mass is 415 g/mol. The Bertz CT molecular complexity index is 812. The van der Waals surface area contributed by atoms with Crippen LogP contribution in [0.15, 0.2) is 30.5 Å². The zero-order valence-corrected chi connectivity index (χ0v) is 16.3. The molecule has 1 aromatic heterocycles. The molecule has 0 radical (unpaired) electrons. The summed E-state index contributed by atoms with van der Waals surface area (Å²) in [6.07, 6.45) is 4.71. The molecule has 8 heteroatoms. The number of rotatable bonds is 4. The molecule has 1 aromatic carbocycles. The minimum absolute atomic E-state index is 0. The first-order valence-corrected chi connectivity index (χ1v) is 8.95. The second-order valence-corrected chi connectivity index (χ2v) is 6.99. The Hall–Kier alpha value is -1.92. The molecule has 1 heterocycles. The molecule has 146 valence electrons. The van der Waals surface area contributed by atoms with Crippen molar-refractivity contribution in [1.82, 2.24) is 10.3 Å². The van der Waals surface area contributed by atoms with Gasteiger partial charge in [0.2, 0.25) is 0 Å². The van der Waals surface area contributed by atoms with Crippen LogP contribution in [0.3, 0.4) is 0 Å². The number of carbonyl (C=O) groups is 1. The number of amides is 1. The Morgan fingerprint density at radius 3 is 2.48 bits per heavy atom. The smallest absolute Gasteiger partial charge is 0.251 e. The number of hydrogen-bond acceptors (Lipinski definition) is 3. The maximum atomic E-state index is 14.0. The second-order valence-electron chi connectivity index (χ2n) is 6.59. The van der Waals surface area contributed by atoms with E-state index in [0.717, 1.165) is 25.7 Å². The topological polar surface area (TPSA) is 54.0 Å². The van der Waals surface area contributed by atoms with Crippen molar-refractivity contribution in [3.63, 3.8) is 0 Å². The van der Waals surface area contributed by atoms with Crippen LogP contribution in [0.4, 0.5) is 14.6 Å². The van der Waals surface area contributed by atoms with Crippen LogP contribution >= 0.6 is 24.0 Å². The molecule has 1 aliphatic carbocycles. The Labute approximate surface area is 168 Å². The van der Waals surface area contributed by atoms with Gasteiger partial charge in [-0.05, 0) is 62.4 Å². The fourth-order valence-corrected chi connectivity index (χ4v) is 3.30. The molecule has 0 aliphatic heterocycles. The van der Waals surface area contributed by atoms with Crippen LogP contribution in [-0.4, -0.2) is 23.0 Å². The minimum atomic E-state index is -0.549. The maximum Gasteiger partial charge on any atom is 0.251 e. The average molecular weight is 416 g/mol. The first kappa shape index (κ1) is 21.4. The predicted molar refractivity (Wildman–Crippen MR) is 105 cm³/mol. The molecule has 3 rings (SSSR count). The summed E-state index contributed by atoms with van der Waals surface area (Å²) in [5, 5.41) is 6.03. The van der Waals surface area contributed by atoms with E-state index in [1.54, 1.807) is 19.2 Å². The largest absolute Gasteiger partial charge is 0.365 e. The van der Waals surface area contributed by atoms with E-state index in [1.165, 1.54) is 18.2 Å². The summed E-state index contributed by atoms with van der Waals surface area (Å²) < 4.78 is 27.2. The quantitative estimate of drug-likeness (QED) is 0.746. The van der Waals surface area contributed by atoms with Gasteiger partial charge in [0.1, 0.15) is 5.82 Å². The number of carbonyl (C=O) groups excluding carboxylic acids is 1. The van der Waals surface area contributed by atoms with Crippen molar-refractivity contribution in [3.8, 4) is 0 Å². The molecule has 0 atom stereocenters. The lowest BCUT2D eigenvalue weighted by molar-refractivity contribution is 0.0926. The lowest BCUT2D eigenvalue weighted by atomic mass is 9.91. The molecular weight excluding hydrogens is 395 g/mol. The third-order valence-electron chi connectivity index (χ3n) is 4.67. The van der Waals surface area contributed by atoms with Crippen LogP contribution in [0.5, 0.6) is 0 Å². The minimum Gasteiger partial charge on any atom is -0.365 e. The van der Waals surface area contributed by atoms with Crippen LogP contribution in [0.25, 0.3) is 0 Å². The van der Waals surface area contributed by atoms with Crippen LogP contribution < -0.4 is 10.6 Å². The highest BCUT2D eigenvalue weighted by molar-refractivity contribution is 6.31. The van der Waals surface area contributed by atoms with Gasteiger partial charge < -0.3 is 10.6 Å². The molecule has 27 heavy (non-hydrogen) atoms. The van der Waals surface area contributed by atoms with Gasteiger partial charge in [0.05, 0.1) is 5.02 Å². The molecular formula is C19H21Cl2F2N3O. The molecule has 2 N–H and O–H groups in total. The van der Waals surface area contributed by atoms with E-state index in [9.17, 15) is 13.6 Å². The van der Waals surface area contributed by atoms with Gasteiger partial charge in [-0.3, -0.25) is 4.79 Å². The Kier molecular flexibility index (Phi) is 7.39. The zero-order chi connectivity index (χ0) is 18.7. The first-order valence-electron chi connectivity index (χ1n) is 8.57. The summed E-state index contributed by atoms with van der Waals surface area (Å²) in [4.78, 5) is 16.3. The third-order valence-corrected chi connectivity index (χ3v) is 4.96. The molecule has 1 aliphatic rings. The summed E-state index contributed by atoms with van der Waals surface area (Å²) in [7, 11) is 0. The van der Waals surface area contributed by atoms with Crippen LogP contribution in [0.1, 0.15) is 41.6 Å². The lowest BCUT2D eigenvalue weighted by Gasteiger charge is -2.30. The van der Waals surface area contributed by atoms with Crippen molar-refractivity contribution in [2.24, 2.45) is 0 Å². The van der Waals surface area contributed by atoms with Crippen molar-refractivity contribution in [1.29, 1.82) is 0 Å². The summed E-state index contributed by atoms with van der Waals surface area (Å²) in [5.41, 5.74) is 0.893. The number of nitrogens with one attached hydrogen (secondary N) is 2. The highest BCUT2D eigenvalue weighted by Gasteiger charge is 2.24. The molecule has 0 saturated heterocycles. The Morgan fingerprint density at radius 2 is 1.81 bits per heavy atom. The number of anilines is 1. The zero-order valence-electron chi connectivity index (χ0n) is 14.8. The van der Waals surface area contributed by atoms with Crippen molar-refractivity contribution in [2.75, 3.05) is 5.32 Å². The van der Waals surface area contributed by atoms with E-state index in [1.807, 2.05) is 0 Å². The number of benzene rings is 1. The average Bonchev–Trinajstić information content (AvgIpc) is 2.63. The molecule has 0 spiro atoms. The van der Waals surface area contributed by atoms with Crippen molar-refractivity contribution in [2.45, 2.75) is 44.7 Å². The summed E-state index contributed by atoms with van der Waals surface area (Å²) >= 11 is 5.72. The third kappa shape index (κ3) is 5.30. The van der Waals surface area contributed by atoms with Gasteiger partial charge in [-0.1, -0.05) is 11.6 Å². The Balaban J connectivity index is 0.00000261. The van der Waals surface area contributed by atoms with E-state index in [2.05, 4.69) is 15.6 Å². The fraction of sp³-hybridized carbons (Fsp3) is 0.368. The highest BCUT2D eigenvalue weighted by Crippen LogP contribution is 2.24. The van der Waals surface area contributed by atoms with Crippen LogP contribution in [-0.2, 0) is 0 Å². The number of aromatic nitrogens is 1. The van der Waals surface area contributed by atoms with E-state index in [4.69, 9.17) is 11.6 Å². The molecule has 0 bridgehead atoms. The second kappa shape index (κ2) is 9.33. The van der Waals surface area contributed by atoms with Gasteiger partial charge >= 0.3 is 0 Å². The maximum absolute atomic E-state index is 14.0. The van der Waals surface area contributed by atoms with Gasteiger partial charge in [-0.15, -0.1) is 12.4 Å². The van der Waals surface area contributed by atoms with Crippen LogP contribution in [0.2, 0.25) is 5.02 Å². The van der Waals surface area contributed by atoms with Crippen molar-refractivity contribution in [3.05, 3.63) is 58.2 Å². The molecule has 1 saturated carbocycles. The predicted octanol–water partition coefficient (Wildman–Crippen LogP) is 4.90. The summed E-state index contributed by atoms with van der Waals surface area (Å²) in [5.74, 6) is -0.865. The van der Waals surface area contributed by atoms with Crippen LogP contribution in [0, 0.1) is 18.6 Å². The number of nitrogens with zero attached hydrogens (tertiary/aromatic N) is 1. The van der Waals surface area contributed by atoms with Gasteiger partial charge in [0.15, 0.2) is 11.6 Å². The number of aryl methyl sites for hydroxylation is 1. The lowest BCUT2D eigenvalue weighted by Crippen LogP contribution is -2.40. The van der Waals surface area contributed by atoms with E-state index in [0.29, 0.717) is 11.1 Å². The van der Waals surface area contributed by atoms with Gasteiger partial charge in [0, 0.05) is 23.8 Å². The molecule has 1 amide bonds. The van der Waals surface area contributed by atoms with E-state index < -0.39 is 5.82 Å². The molecule has 0 unspecified atom stereocenters. The number of halogens is 4. The summed E-state index contributed by atoms with van der Waals surface area (Å²) in [6.45, 7) is 1.70. The molecule has 2 aromatic rings. The highest BCUT2D eigenvalue weighted by atomic mass is 35.5. The number of pyridine rings is 1. The first-order chi connectivity index (χ1) is 12.4. The Morgan fingerprint density at radius 1 is 1.15 bits per heavy atom. The van der Waals surface area contributed by atoms with Gasteiger partial charge in [-0.2, -0.15) is 0 Å². The molecule has 1 fully saturated rings. The normalized spacial score (nSPS) is 19.1. The number of hydrogen-bond donors (Lipinski definition) is 2. The summed E-state index contributed by atoms with van der Waals surface area (Å²) in [6, 6.07) is 5.70. The fourth-order valence-electron chi connectivity index (χ4n) is 3.12. The van der Waals surface area contributed by atoms with Gasteiger partial charge in [-0.25, -0.2) is 13.8 Å². The SMILES string of the molecule is Cc1ccnc(NC2CCC(NC(=O)c3ccc(F)c(Cl)c3)CC2)c1F.Cl.